The molecule has 0 spiro atoms. The summed E-state index contributed by atoms with van der Waals surface area (Å²) in [5.74, 6) is 0. The Kier molecular flexibility index (Phi) is 6.38. The van der Waals surface area contributed by atoms with Crippen LogP contribution in [-0.2, 0) is 0 Å². The van der Waals surface area contributed by atoms with Gasteiger partial charge in [-0.2, -0.15) is 0 Å². The van der Waals surface area contributed by atoms with Gasteiger partial charge in [-0.05, 0) is 78.9 Å². The Hall–Kier alpha value is -7.89. The van der Waals surface area contributed by atoms with E-state index < -0.39 is 0 Å². The van der Waals surface area contributed by atoms with Crippen molar-refractivity contribution in [3.8, 4) is 22.7 Å². The Morgan fingerprint density at radius 2 is 0.483 bits per heavy atom. The molecule has 0 amide bonds. The van der Waals surface area contributed by atoms with Gasteiger partial charge in [0, 0.05) is 54.5 Å². The number of hydrogen-bond donors (Lipinski definition) is 0. The molecule has 5 heteroatoms. The molecule has 0 saturated heterocycles. The van der Waals surface area contributed by atoms with Gasteiger partial charge in [-0.3, -0.25) is 4.98 Å². The molecule has 0 radical (unpaired) electrons. The SMILES string of the molecule is c1ccc2c(c1)c1ccccc1n2-c1cncc(-n2c3ccc(-n4c5ccccc5c5ccccc54)cc3c3cc(-n4c5ccccc5c5ccccc54)ccc32)c1. The summed E-state index contributed by atoms with van der Waals surface area (Å²) in [6.07, 6.45) is 3.98. The summed E-state index contributed by atoms with van der Waals surface area (Å²) < 4.78 is 9.55. The number of benzene rings is 8. The van der Waals surface area contributed by atoms with Crippen LogP contribution in [0.4, 0.5) is 0 Å². The number of fused-ring (bicyclic) bond motifs is 12. The highest BCUT2D eigenvalue weighted by Gasteiger charge is 2.20. The molecule has 8 aromatic carbocycles. The molecule has 0 N–H and O–H groups in total. The van der Waals surface area contributed by atoms with Gasteiger partial charge < -0.3 is 18.3 Å². The maximum absolute atomic E-state index is 4.93. The van der Waals surface area contributed by atoms with E-state index in [1.54, 1.807) is 0 Å². The molecule has 0 aliphatic rings. The molecule has 0 bridgehead atoms. The second-order valence-electron chi connectivity index (χ2n) is 15.2. The summed E-state index contributed by atoms with van der Waals surface area (Å²) >= 11 is 0. The molecule has 0 fully saturated rings. The van der Waals surface area contributed by atoms with Gasteiger partial charge in [-0.1, -0.05) is 109 Å². The maximum atomic E-state index is 4.93. The van der Waals surface area contributed by atoms with Crippen molar-refractivity contribution in [2.24, 2.45) is 0 Å². The second-order valence-corrected chi connectivity index (χ2v) is 15.2. The lowest BCUT2D eigenvalue weighted by Gasteiger charge is -2.13. The van der Waals surface area contributed by atoms with E-state index in [2.05, 4.69) is 206 Å². The predicted octanol–water partition coefficient (Wildman–Crippen LogP) is 13.5. The number of nitrogens with zero attached hydrogens (tertiary/aromatic N) is 5. The second kappa shape index (κ2) is 11.8. The Morgan fingerprint density at radius 1 is 0.224 bits per heavy atom. The molecule has 13 aromatic rings. The standard InChI is InChI=1S/C53H33N5/c1-7-19-46-38(13-1)39-14-2-8-20-47(39)55(46)34-25-27-52-44(30-34)45-31-35(56-48-21-9-3-15-40(48)41-16-4-10-22-49(41)56)26-28-53(45)58(52)37-29-36(32-54-33-37)57-50-23-11-5-17-42(50)43-18-6-12-24-51(43)57/h1-33H. The van der Waals surface area contributed by atoms with Gasteiger partial charge in [0.2, 0.25) is 0 Å². The number of para-hydroxylation sites is 6. The van der Waals surface area contributed by atoms with Crippen molar-refractivity contribution in [2.45, 2.75) is 0 Å². The number of pyridine rings is 1. The topological polar surface area (TPSA) is 32.6 Å². The van der Waals surface area contributed by atoms with Crippen LogP contribution < -0.4 is 0 Å². The summed E-state index contributed by atoms with van der Waals surface area (Å²) in [7, 11) is 0. The Bertz CT molecular complexity index is 3480. The Morgan fingerprint density at radius 3 is 0.793 bits per heavy atom. The average molecular weight is 740 g/mol. The molecule has 58 heavy (non-hydrogen) atoms. The van der Waals surface area contributed by atoms with Crippen LogP contribution in [0, 0.1) is 0 Å². The molecule has 5 nitrogen and oxygen atoms in total. The Labute approximate surface area is 332 Å². The van der Waals surface area contributed by atoms with Gasteiger partial charge in [0.05, 0.1) is 67.9 Å². The zero-order valence-corrected chi connectivity index (χ0v) is 31.3. The van der Waals surface area contributed by atoms with Gasteiger partial charge in [0.15, 0.2) is 0 Å². The van der Waals surface area contributed by atoms with E-state index in [0.717, 1.165) is 44.8 Å². The third-order valence-electron chi connectivity index (χ3n) is 12.2. The fourth-order valence-corrected chi connectivity index (χ4v) is 9.82. The highest BCUT2D eigenvalue weighted by molar-refractivity contribution is 6.14. The molecule has 0 atom stereocenters. The van der Waals surface area contributed by atoms with Crippen LogP contribution in [0.2, 0.25) is 0 Å². The van der Waals surface area contributed by atoms with Crippen LogP contribution in [0.15, 0.2) is 200 Å². The van der Waals surface area contributed by atoms with Crippen LogP contribution in [-0.4, -0.2) is 23.3 Å². The highest BCUT2D eigenvalue weighted by Crippen LogP contribution is 2.40. The summed E-state index contributed by atoms with van der Waals surface area (Å²) in [6.45, 7) is 0. The van der Waals surface area contributed by atoms with Gasteiger partial charge in [0.25, 0.3) is 0 Å². The molecular formula is C53H33N5. The molecule has 5 aromatic heterocycles. The molecule has 270 valence electrons. The fourth-order valence-electron chi connectivity index (χ4n) is 9.82. The van der Waals surface area contributed by atoms with Crippen molar-refractivity contribution in [3.63, 3.8) is 0 Å². The Balaban J connectivity index is 1.10. The zero-order chi connectivity index (χ0) is 37.9. The predicted molar refractivity (Wildman–Crippen MR) is 242 cm³/mol. The lowest BCUT2D eigenvalue weighted by atomic mass is 10.1. The lowest BCUT2D eigenvalue weighted by Crippen LogP contribution is -2.00. The molecule has 13 rings (SSSR count). The van der Waals surface area contributed by atoms with E-state index in [1.165, 1.54) is 65.2 Å². The maximum Gasteiger partial charge on any atom is 0.0666 e. The van der Waals surface area contributed by atoms with Crippen molar-refractivity contribution in [2.75, 3.05) is 0 Å². The van der Waals surface area contributed by atoms with Crippen LogP contribution in [0.1, 0.15) is 0 Å². The van der Waals surface area contributed by atoms with Crippen LogP contribution in [0.3, 0.4) is 0 Å². The van der Waals surface area contributed by atoms with Gasteiger partial charge in [-0.25, -0.2) is 0 Å². The zero-order valence-electron chi connectivity index (χ0n) is 31.3. The third kappa shape index (κ3) is 4.27. The quantitative estimate of drug-likeness (QED) is 0.177. The molecule has 0 aliphatic heterocycles. The molecule has 0 unspecified atom stereocenters. The molecule has 0 saturated carbocycles. The van der Waals surface area contributed by atoms with Crippen molar-refractivity contribution >= 4 is 87.2 Å². The number of rotatable bonds is 4. The number of hydrogen-bond acceptors (Lipinski definition) is 1. The minimum atomic E-state index is 1.01. The van der Waals surface area contributed by atoms with Gasteiger partial charge in [0.1, 0.15) is 0 Å². The fraction of sp³-hybridized carbons (Fsp3) is 0. The summed E-state index contributed by atoms with van der Waals surface area (Å²) in [4.78, 5) is 4.93. The van der Waals surface area contributed by atoms with Gasteiger partial charge >= 0.3 is 0 Å². The van der Waals surface area contributed by atoms with Crippen molar-refractivity contribution < 1.29 is 0 Å². The lowest BCUT2D eigenvalue weighted by molar-refractivity contribution is 1.09. The highest BCUT2D eigenvalue weighted by atomic mass is 15.0. The van der Waals surface area contributed by atoms with Crippen LogP contribution in [0.5, 0.6) is 0 Å². The summed E-state index contributed by atoms with van der Waals surface area (Å²) in [5, 5.41) is 9.83. The first-order valence-corrected chi connectivity index (χ1v) is 19.8. The molecule has 0 aliphatic carbocycles. The summed E-state index contributed by atoms with van der Waals surface area (Å²) in [5.41, 5.74) is 13.6. The molecular weight excluding hydrogens is 707 g/mol. The van der Waals surface area contributed by atoms with Gasteiger partial charge in [-0.15, -0.1) is 0 Å². The monoisotopic (exact) mass is 739 g/mol. The molecule has 5 heterocycles. The van der Waals surface area contributed by atoms with Crippen molar-refractivity contribution in [1.29, 1.82) is 0 Å². The van der Waals surface area contributed by atoms with Crippen LogP contribution >= 0.6 is 0 Å². The first-order valence-electron chi connectivity index (χ1n) is 19.8. The van der Waals surface area contributed by atoms with Crippen LogP contribution in [0.25, 0.3) is 110 Å². The largest absolute Gasteiger partial charge is 0.309 e. The smallest absolute Gasteiger partial charge is 0.0666 e. The van der Waals surface area contributed by atoms with E-state index in [9.17, 15) is 0 Å². The van der Waals surface area contributed by atoms with Crippen molar-refractivity contribution in [1.82, 2.24) is 23.3 Å². The third-order valence-corrected chi connectivity index (χ3v) is 12.2. The van der Waals surface area contributed by atoms with E-state index in [-0.39, 0.29) is 0 Å². The first-order chi connectivity index (χ1) is 28.8. The average Bonchev–Trinajstić information content (AvgIpc) is 4.01. The van der Waals surface area contributed by atoms with E-state index in [4.69, 9.17) is 4.98 Å². The van der Waals surface area contributed by atoms with E-state index in [0.29, 0.717) is 0 Å². The minimum Gasteiger partial charge on any atom is -0.309 e. The summed E-state index contributed by atoms with van der Waals surface area (Å²) in [6, 6.07) is 68.4. The minimum absolute atomic E-state index is 1.01. The van der Waals surface area contributed by atoms with E-state index in [1.807, 2.05) is 12.4 Å². The number of aromatic nitrogens is 5. The van der Waals surface area contributed by atoms with E-state index >= 15 is 0 Å². The first kappa shape index (κ1) is 31.3. The van der Waals surface area contributed by atoms with Crippen molar-refractivity contribution in [3.05, 3.63) is 200 Å². The normalized spacial score (nSPS) is 12.1.